The van der Waals surface area contributed by atoms with Gasteiger partial charge in [-0.05, 0) is 24.1 Å². The number of rotatable bonds is 4. The Morgan fingerprint density at radius 3 is 2.19 bits per heavy atom. The number of alkyl halides is 3. The molecule has 0 amide bonds. The zero-order chi connectivity index (χ0) is 12.2. The monoisotopic (exact) mass is 230 g/mol. The molecule has 1 atom stereocenters. The largest absolute Gasteiger partial charge is 0.416 e. The number of hydrogen-bond donors (Lipinski definition) is 0. The fourth-order valence-electron chi connectivity index (χ4n) is 1.54. The fraction of sp³-hybridized carbons (Fsp3) is 0.417. The maximum Gasteiger partial charge on any atom is 0.416 e. The molecule has 0 bridgehead atoms. The molecule has 1 rings (SSSR count). The van der Waals surface area contributed by atoms with E-state index < -0.39 is 11.7 Å². The van der Waals surface area contributed by atoms with Crippen molar-refractivity contribution in [2.75, 3.05) is 0 Å². The highest BCUT2D eigenvalue weighted by Crippen LogP contribution is 2.30. The summed E-state index contributed by atoms with van der Waals surface area (Å²) in [6, 6.07) is 4.78. The molecule has 0 aliphatic rings. The number of benzene rings is 1. The van der Waals surface area contributed by atoms with Gasteiger partial charge in [-0.1, -0.05) is 25.5 Å². The molecular formula is C12H13F3O. The van der Waals surface area contributed by atoms with Crippen molar-refractivity contribution in [1.82, 2.24) is 0 Å². The van der Waals surface area contributed by atoms with Gasteiger partial charge in [0.2, 0.25) is 0 Å². The Labute approximate surface area is 92.3 Å². The predicted molar refractivity (Wildman–Crippen MR) is 55.2 cm³/mol. The lowest BCUT2D eigenvalue weighted by molar-refractivity contribution is -0.137. The summed E-state index contributed by atoms with van der Waals surface area (Å²) in [5.74, 6) is -0.299. The molecule has 88 valence electrons. The molecule has 0 saturated carbocycles. The first-order valence-electron chi connectivity index (χ1n) is 5.11. The maximum atomic E-state index is 12.3. The number of aldehydes is 1. The summed E-state index contributed by atoms with van der Waals surface area (Å²) in [5.41, 5.74) is -0.0396. The highest BCUT2D eigenvalue weighted by atomic mass is 19.4. The van der Waals surface area contributed by atoms with E-state index in [0.717, 1.165) is 24.8 Å². The molecule has 16 heavy (non-hydrogen) atoms. The van der Waals surface area contributed by atoms with Gasteiger partial charge in [0.25, 0.3) is 0 Å². The van der Waals surface area contributed by atoms with Crippen LogP contribution in [0.2, 0.25) is 0 Å². The summed E-state index contributed by atoms with van der Waals surface area (Å²) >= 11 is 0. The third-order valence-corrected chi connectivity index (χ3v) is 2.43. The lowest BCUT2D eigenvalue weighted by atomic mass is 9.95. The molecule has 1 unspecified atom stereocenters. The van der Waals surface area contributed by atoms with Crippen LogP contribution in [0.3, 0.4) is 0 Å². The van der Waals surface area contributed by atoms with E-state index in [4.69, 9.17) is 0 Å². The van der Waals surface area contributed by atoms with Gasteiger partial charge >= 0.3 is 6.18 Å². The summed E-state index contributed by atoms with van der Waals surface area (Å²) in [6.45, 7) is 1.93. The average molecular weight is 230 g/mol. The van der Waals surface area contributed by atoms with Gasteiger partial charge in [0.1, 0.15) is 6.29 Å². The van der Waals surface area contributed by atoms with Crippen LogP contribution in [0.4, 0.5) is 13.2 Å². The first-order valence-corrected chi connectivity index (χ1v) is 5.11. The van der Waals surface area contributed by atoms with Crippen LogP contribution in [-0.2, 0) is 11.0 Å². The highest BCUT2D eigenvalue weighted by Gasteiger charge is 2.30. The second-order valence-corrected chi connectivity index (χ2v) is 3.65. The Kier molecular flexibility index (Phi) is 4.10. The molecular weight excluding hydrogens is 217 g/mol. The average Bonchev–Trinajstić information content (AvgIpc) is 2.25. The van der Waals surface area contributed by atoms with E-state index >= 15 is 0 Å². The van der Waals surface area contributed by atoms with Crippen LogP contribution in [0, 0.1) is 0 Å². The van der Waals surface area contributed by atoms with Crippen molar-refractivity contribution in [2.24, 2.45) is 0 Å². The smallest absolute Gasteiger partial charge is 0.303 e. The fourth-order valence-corrected chi connectivity index (χ4v) is 1.54. The van der Waals surface area contributed by atoms with Gasteiger partial charge in [-0.3, -0.25) is 0 Å². The van der Waals surface area contributed by atoms with E-state index in [9.17, 15) is 18.0 Å². The Bertz CT molecular complexity index is 340. The maximum absolute atomic E-state index is 12.3. The molecule has 0 saturated heterocycles. The Morgan fingerprint density at radius 1 is 1.25 bits per heavy atom. The number of halogens is 3. The third kappa shape index (κ3) is 3.08. The molecule has 0 spiro atoms. The molecule has 0 N–H and O–H groups in total. The highest BCUT2D eigenvalue weighted by molar-refractivity contribution is 5.62. The number of hydrogen-bond acceptors (Lipinski definition) is 1. The van der Waals surface area contributed by atoms with Crippen molar-refractivity contribution >= 4 is 6.29 Å². The molecule has 4 heteroatoms. The normalized spacial score (nSPS) is 13.5. The van der Waals surface area contributed by atoms with Gasteiger partial charge in [-0.25, -0.2) is 0 Å². The van der Waals surface area contributed by atoms with Crippen molar-refractivity contribution < 1.29 is 18.0 Å². The minimum Gasteiger partial charge on any atom is -0.303 e. The van der Waals surface area contributed by atoms with Crippen molar-refractivity contribution in [3.8, 4) is 0 Å². The van der Waals surface area contributed by atoms with E-state index in [1.807, 2.05) is 6.92 Å². The van der Waals surface area contributed by atoms with Gasteiger partial charge in [0.15, 0.2) is 0 Å². The Balaban J connectivity index is 2.89. The SMILES string of the molecule is CCCC(C=O)c1ccc(C(F)(F)F)cc1. The second-order valence-electron chi connectivity index (χ2n) is 3.65. The third-order valence-electron chi connectivity index (χ3n) is 2.43. The van der Waals surface area contributed by atoms with Crippen LogP contribution in [0.25, 0.3) is 0 Å². The summed E-state index contributed by atoms with van der Waals surface area (Å²) in [6.07, 6.45) is -2.05. The molecule has 0 aliphatic carbocycles. The molecule has 1 aromatic carbocycles. The minimum absolute atomic E-state index is 0.299. The molecule has 0 heterocycles. The Morgan fingerprint density at radius 2 is 1.81 bits per heavy atom. The van der Waals surface area contributed by atoms with Crippen molar-refractivity contribution in [3.05, 3.63) is 35.4 Å². The van der Waals surface area contributed by atoms with Gasteiger partial charge in [0.05, 0.1) is 5.56 Å². The zero-order valence-electron chi connectivity index (χ0n) is 8.92. The quantitative estimate of drug-likeness (QED) is 0.719. The number of carbonyl (C=O) groups is 1. The van der Waals surface area contributed by atoms with Gasteiger partial charge < -0.3 is 4.79 Å². The minimum atomic E-state index is -4.32. The number of carbonyl (C=O) groups excluding carboxylic acids is 1. The molecule has 0 aliphatic heterocycles. The lowest BCUT2D eigenvalue weighted by Crippen LogP contribution is -2.06. The van der Waals surface area contributed by atoms with E-state index in [0.29, 0.717) is 12.0 Å². The van der Waals surface area contributed by atoms with Crippen molar-refractivity contribution in [2.45, 2.75) is 31.9 Å². The van der Waals surface area contributed by atoms with Crippen LogP contribution >= 0.6 is 0 Å². The van der Waals surface area contributed by atoms with E-state index in [1.165, 1.54) is 12.1 Å². The van der Waals surface area contributed by atoms with Crippen LogP contribution in [0.5, 0.6) is 0 Å². The molecule has 1 nitrogen and oxygen atoms in total. The summed E-state index contributed by atoms with van der Waals surface area (Å²) in [5, 5.41) is 0. The first-order chi connectivity index (χ1) is 7.49. The van der Waals surface area contributed by atoms with E-state index in [-0.39, 0.29) is 5.92 Å². The van der Waals surface area contributed by atoms with Crippen LogP contribution in [0.1, 0.15) is 36.8 Å². The lowest BCUT2D eigenvalue weighted by Gasteiger charge is -2.11. The van der Waals surface area contributed by atoms with Gasteiger partial charge in [-0.15, -0.1) is 0 Å². The van der Waals surface area contributed by atoms with E-state index in [2.05, 4.69) is 0 Å². The molecule has 0 radical (unpaired) electrons. The summed E-state index contributed by atoms with van der Waals surface area (Å²) in [7, 11) is 0. The van der Waals surface area contributed by atoms with Crippen molar-refractivity contribution in [1.29, 1.82) is 0 Å². The summed E-state index contributed by atoms with van der Waals surface area (Å²) < 4.78 is 36.8. The molecule has 1 aromatic rings. The molecule has 0 fully saturated rings. The van der Waals surface area contributed by atoms with Gasteiger partial charge in [-0.2, -0.15) is 13.2 Å². The van der Waals surface area contributed by atoms with Crippen LogP contribution in [0.15, 0.2) is 24.3 Å². The summed E-state index contributed by atoms with van der Waals surface area (Å²) in [4.78, 5) is 10.8. The van der Waals surface area contributed by atoms with Gasteiger partial charge in [0, 0.05) is 5.92 Å². The Hall–Kier alpha value is -1.32. The van der Waals surface area contributed by atoms with Crippen LogP contribution < -0.4 is 0 Å². The van der Waals surface area contributed by atoms with Crippen molar-refractivity contribution in [3.63, 3.8) is 0 Å². The van der Waals surface area contributed by atoms with Crippen LogP contribution in [-0.4, -0.2) is 6.29 Å². The predicted octanol–water partition coefficient (Wildman–Crippen LogP) is 3.79. The molecule has 0 aromatic heterocycles. The topological polar surface area (TPSA) is 17.1 Å². The zero-order valence-corrected chi connectivity index (χ0v) is 8.92. The van der Waals surface area contributed by atoms with E-state index in [1.54, 1.807) is 0 Å². The second kappa shape index (κ2) is 5.14. The first kappa shape index (κ1) is 12.7. The standard InChI is InChI=1S/C12H13F3O/c1-2-3-10(8-16)9-4-6-11(7-5-9)12(13,14)15/h4-8,10H,2-3H2,1H3.